The summed E-state index contributed by atoms with van der Waals surface area (Å²) in [6.07, 6.45) is -0.560. The smallest absolute Gasteiger partial charge is 0.408 e. The molecule has 1 amide bonds. The average molecular weight is 355 g/mol. The quantitative estimate of drug-likeness (QED) is 0.760. The van der Waals surface area contributed by atoms with Crippen molar-refractivity contribution in [3.05, 3.63) is 29.6 Å². The van der Waals surface area contributed by atoms with Crippen LogP contribution in [0.3, 0.4) is 0 Å². The van der Waals surface area contributed by atoms with E-state index in [-0.39, 0.29) is 30.3 Å². The maximum Gasteiger partial charge on any atom is 0.408 e. The number of methoxy groups -OCH3 is 1. The largest absolute Gasteiger partial charge is 0.494 e. The zero-order valence-corrected chi connectivity index (χ0v) is 15.6. The first-order chi connectivity index (χ1) is 11.4. The third-order valence-electron chi connectivity index (χ3n) is 3.01. The molecule has 140 valence electrons. The number of ketones is 1. The van der Waals surface area contributed by atoms with Crippen molar-refractivity contribution in [1.29, 1.82) is 0 Å². The molecule has 0 unspecified atom stereocenters. The molecule has 6 nitrogen and oxygen atoms in total. The Morgan fingerprint density at radius 3 is 2.36 bits per heavy atom. The van der Waals surface area contributed by atoms with Crippen LogP contribution in [0.1, 0.15) is 45.0 Å². The molecule has 0 saturated heterocycles. The molecule has 0 aromatic heterocycles. The van der Waals surface area contributed by atoms with E-state index < -0.39 is 23.1 Å². The highest BCUT2D eigenvalue weighted by atomic mass is 19.1. The first kappa shape index (κ1) is 20.9. The van der Waals surface area contributed by atoms with Crippen molar-refractivity contribution >= 4 is 11.9 Å². The van der Waals surface area contributed by atoms with Gasteiger partial charge in [0.15, 0.2) is 17.3 Å². The van der Waals surface area contributed by atoms with Gasteiger partial charge in [-0.3, -0.25) is 4.79 Å². The fourth-order valence-corrected chi connectivity index (χ4v) is 1.93. The number of rotatable bonds is 7. The van der Waals surface area contributed by atoms with E-state index in [9.17, 15) is 14.0 Å². The van der Waals surface area contributed by atoms with Gasteiger partial charge in [0, 0.05) is 5.56 Å². The molecule has 25 heavy (non-hydrogen) atoms. The lowest BCUT2D eigenvalue weighted by atomic mass is 10.1. The molecule has 0 fully saturated rings. The van der Waals surface area contributed by atoms with Crippen LogP contribution < -0.4 is 10.1 Å². The molecule has 0 bridgehead atoms. The van der Waals surface area contributed by atoms with Crippen LogP contribution in [-0.2, 0) is 9.47 Å². The van der Waals surface area contributed by atoms with Crippen molar-refractivity contribution in [2.45, 2.75) is 45.8 Å². The van der Waals surface area contributed by atoms with Gasteiger partial charge in [-0.25, -0.2) is 9.18 Å². The van der Waals surface area contributed by atoms with Gasteiger partial charge in [-0.1, -0.05) is 0 Å². The summed E-state index contributed by atoms with van der Waals surface area (Å²) in [5.74, 6) is -0.855. The number of hydrogen-bond donors (Lipinski definition) is 1. The maximum atomic E-state index is 13.4. The van der Waals surface area contributed by atoms with Crippen molar-refractivity contribution in [3.63, 3.8) is 0 Å². The number of amides is 1. The standard InChI is InChI=1S/C18H26FNO5/c1-17(2,3)25-16(22)20-18(4,5)11-24-10-14(21)12-7-8-13(19)15(9-12)23-6/h7-9H,10-11H2,1-6H3,(H,20,22). The summed E-state index contributed by atoms with van der Waals surface area (Å²) in [7, 11) is 1.33. The topological polar surface area (TPSA) is 73.9 Å². The van der Waals surface area contributed by atoms with Gasteiger partial charge in [0.1, 0.15) is 12.2 Å². The Bertz CT molecular complexity index is 622. The number of carbonyl (C=O) groups excluding carboxylic acids is 2. The molecule has 1 aromatic carbocycles. The third-order valence-corrected chi connectivity index (χ3v) is 3.01. The zero-order chi connectivity index (χ0) is 19.3. The lowest BCUT2D eigenvalue weighted by Crippen LogP contribution is -2.49. The first-order valence-corrected chi connectivity index (χ1v) is 7.89. The number of hydrogen-bond acceptors (Lipinski definition) is 5. The maximum absolute atomic E-state index is 13.4. The molecule has 0 saturated carbocycles. The summed E-state index contributed by atoms with van der Waals surface area (Å²) >= 11 is 0. The van der Waals surface area contributed by atoms with Gasteiger partial charge in [-0.15, -0.1) is 0 Å². The summed E-state index contributed by atoms with van der Waals surface area (Å²) in [5.41, 5.74) is -1.03. The SMILES string of the molecule is COc1cc(C(=O)COCC(C)(C)NC(=O)OC(C)(C)C)ccc1F. The van der Waals surface area contributed by atoms with Crippen LogP contribution in [0.5, 0.6) is 5.75 Å². The summed E-state index contributed by atoms with van der Waals surface area (Å²) in [5, 5.41) is 2.68. The molecule has 0 radical (unpaired) electrons. The van der Waals surface area contributed by atoms with E-state index in [1.807, 2.05) is 0 Å². The van der Waals surface area contributed by atoms with Crippen molar-refractivity contribution in [2.75, 3.05) is 20.3 Å². The highest BCUT2D eigenvalue weighted by Crippen LogP contribution is 2.18. The van der Waals surface area contributed by atoms with Crippen molar-refractivity contribution in [2.24, 2.45) is 0 Å². The summed E-state index contributed by atoms with van der Waals surface area (Å²) in [6.45, 7) is 8.72. The fraction of sp³-hybridized carbons (Fsp3) is 0.556. The second kappa shape index (κ2) is 8.29. The fourth-order valence-electron chi connectivity index (χ4n) is 1.93. The van der Waals surface area contributed by atoms with E-state index >= 15 is 0 Å². The molecule has 0 aliphatic rings. The van der Waals surface area contributed by atoms with Crippen LogP contribution in [0, 0.1) is 5.82 Å². The third kappa shape index (κ3) is 7.51. The number of carbonyl (C=O) groups is 2. The van der Waals surface area contributed by atoms with Gasteiger partial charge in [0.05, 0.1) is 19.3 Å². The number of Topliss-reactive ketones (excluding diaryl/α,β-unsaturated/α-hetero) is 1. The van der Waals surface area contributed by atoms with E-state index in [0.717, 1.165) is 0 Å². The van der Waals surface area contributed by atoms with Crippen LogP contribution in [0.25, 0.3) is 0 Å². The van der Waals surface area contributed by atoms with Gasteiger partial charge in [-0.2, -0.15) is 0 Å². The number of benzene rings is 1. The van der Waals surface area contributed by atoms with Crippen molar-refractivity contribution < 1.29 is 28.2 Å². The normalized spacial score (nSPS) is 11.8. The van der Waals surface area contributed by atoms with Crippen LogP contribution in [0.4, 0.5) is 9.18 Å². The molecule has 0 aliphatic carbocycles. The van der Waals surface area contributed by atoms with E-state index in [0.29, 0.717) is 0 Å². The summed E-state index contributed by atoms with van der Waals surface area (Å²) in [6, 6.07) is 3.86. The Hall–Kier alpha value is -2.15. The Labute approximate surface area is 147 Å². The lowest BCUT2D eigenvalue weighted by molar-refractivity contribution is 0.0349. The Kier molecular flexibility index (Phi) is 6.93. The number of nitrogens with one attached hydrogen (secondary N) is 1. The van der Waals surface area contributed by atoms with E-state index in [4.69, 9.17) is 14.2 Å². The van der Waals surface area contributed by atoms with E-state index in [1.54, 1.807) is 34.6 Å². The molecule has 0 atom stereocenters. The minimum atomic E-state index is -0.719. The van der Waals surface area contributed by atoms with Gasteiger partial charge >= 0.3 is 6.09 Å². The molecular formula is C18H26FNO5. The average Bonchev–Trinajstić information content (AvgIpc) is 2.44. The van der Waals surface area contributed by atoms with Crippen LogP contribution >= 0.6 is 0 Å². The van der Waals surface area contributed by atoms with Crippen molar-refractivity contribution in [3.8, 4) is 5.75 Å². The highest BCUT2D eigenvalue weighted by molar-refractivity contribution is 5.97. The Balaban J connectivity index is 2.52. The van der Waals surface area contributed by atoms with Crippen LogP contribution in [0.15, 0.2) is 18.2 Å². The molecule has 0 spiro atoms. The summed E-state index contributed by atoms with van der Waals surface area (Å²) in [4.78, 5) is 23.9. The van der Waals surface area contributed by atoms with Crippen LogP contribution in [0.2, 0.25) is 0 Å². The predicted molar refractivity (Wildman–Crippen MR) is 91.6 cm³/mol. The van der Waals surface area contributed by atoms with Gasteiger partial charge < -0.3 is 19.5 Å². The molecule has 0 aliphatic heterocycles. The zero-order valence-electron chi connectivity index (χ0n) is 15.6. The minimum Gasteiger partial charge on any atom is -0.494 e. The number of halogens is 1. The molecule has 1 rings (SSSR count). The number of ether oxygens (including phenoxy) is 3. The Morgan fingerprint density at radius 1 is 1.16 bits per heavy atom. The Morgan fingerprint density at radius 2 is 1.80 bits per heavy atom. The van der Waals surface area contributed by atoms with E-state index in [2.05, 4.69) is 5.32 Å². The van der Waals surface area contributed by atoms with E-state index in [1.165, 1.54) is 25.3 Å². The monoisotopic (exact) mass is 355 g/mol. The second-order valence-corrected chi connectivity index (χ2v) is 7.28. The highest BCUT2D eigenvalue weighted by Gasteiger charge is 2.25. The molecule has 7 heteroatoms. The molecule has 0 heterocycles. The summed E-state index contributed by atoms with van der Waals surface area (Å²) < 4.78 is 28.8. The first-order valence-electron chi connectivity index (χ1n) is 7.89. The van der Waals surface area contributed by atoms with Crippen molar-refractivity contribution in [1.82, 2.24) is 5.32 Å². The molecule has 1 N–H and O–H groups in total. The lowest BCUT2D eigenvalue weighted by Gasteiger charge is -2.28. The van der Waals surface area contributed by atoms with Gasteiger partial charge in [0.25, 0.3) is 0 Å². The van der Waals surface area contributed by atoms with Crippen LogP contribution in [-0.4, -0.2) is 43.3 Å². The van der Waals surface area contributed by atoms with Gasteiger partial charge in [-0.05, 0) is 52.8 Å². The predicted octanol–water partition coefficient (Wildman–Crippen LogP) is 3.34. The second-order valence-electron chi connectivity index (χ2n) is 7.28. The van der Waals surface area contributed by atoms with Gasteiger partial charge in [0.2, 0.25) is 0 Å². The molecular weight excluding hydrogens is 329 g/mol. The molecule has 1 aromatic rings. The number of alkyl carbamates (subject to hydrolysis) is 1. The minimum absolute atomic E-state index is 0.00206.